The van der Waals surface area contributed by atoms with Gasteiger partial charge in [-0.2, -0.15) is 0 Å². The first-order chi connectivity index (χ1) is 15.5. The zero-order chi connectivity index (χ0) is 24.8. The molecule has 2 aromatic carbocycles. The molecule has 2 rings (SSSR count). The van der Waals surface area contributed by atoms with E-state index in [2.05, 4.69) is 13.2 Å². The van der Waals surface area contributed by atoms with Crippen LogP contribution in [0.15, 0.2) is 60.7 Å². The van der Waals surface area contributed by atoms with E-state index in [-0.39, 0.29) is 22.6 Å². The molecule has 0 aliphatic rings. The predicted molar refractivity (Wildman–Crippen MR) is 128 cm³/mol. The maximum atomic E-state index is 12.4. The molecule has 33 heavy (non-hydrogen) atoms. The highest BCUT2D eigenvalue weighted by atomic mass is 16.6. The Balaban J connectivity index is 2.75. The first-order valence-electron chi connectivity index (χ1n) is 10.8. The number of hydrogen-bond acceptors (Lipinski definition) is 6. The maximum absolute atomic E-state index is 12.4. The summed E-state index contributed by atoms with van der Waals surface area (Å²) in [4.78, 5) is 24.9. The van der Waals surface area contributed by atoms with Crippen LogP contribution in [-0.2, 0) is 15.0 Å². The Bertz CT molecular complexity index is 981. The number of carbonyl (C=O) groups excluding carboxylic acids is 2. The molecule has 0 aliphatic carbocycles. The summed E-state index contributed by atoms with van der Waals surface area (Å²) in [5.74, 6) is 0.318. The molecule has 6 heteroatoms. The van der Waals surface area contributed by atoms with Gasteiger partial charge in [-0.3, -0.25) is 0 Å². The van der Waals surface area contributed by atoms with Crippen LogP contribution in [-0.4, -0.2) is 25.2 Å². The standard InChI is InChI=1S/C27H32O6/c1-9-30-21-15-11-13-19(23(21)32-25(28)17(3)4)27(7,8)20-14-12-16-22(31-10-2)24(20)33-26(29)18(5)6/h11-16H,3,5,9-10H2,1-2,4,6-8H3. The number of carbonyl (C=O) groups is 2. The Morgan fingerprint density at radius 3 is 1.42 bits per heavy atom. The quantitative estimate of drug-likeness (QED) is 0.259. The molecule has 6 nitrogen and oxygen atoms in total. The average molecular weight is 453 g/mol. The maximum Gasteiger partial charge on any atom is 0.338 e. The zero-order valence-corrected chi connectivity index (χ0v) is 20.2. The lowest BCUT2D eigenvalue weighted by Gasteiger charge is -2.31. The molecule has 0 saturated heterocycles. The molecule has 0 unspecified atom stereocenters. The minimum Gasteiger partial charge on any atom is -0.490 e. The Morgan fingerprint density at radius 1 is 0.758 bits per heavy atom. The molecule has 0 heterocycles. The second-order valence-corrected chi connectivity index (χ2v) is 8.10. The van der Waals surface area contributed by atoms with Gasteiger partial charge in [0.1, 0.15) is 0 Å². The van der Waals surface area contributed by atoms with Crippen LogP contribution in [0, 0.1) is 0 Å². The number of benzene rings is 2. The molecule has 0 spiro atoms. The number of esters is 2. The van der Waals surface area contributed by atoms with Crippen molar-refractivity contribution in [3.63, 3.8) is 0 Å². The lowest BCUT2D eigenvalue weighted by Crippen LogP contribution is -2.24. The van der Waals surface area contributed by atoms with E-state index in [1.165, 1.54) is 0 Å². The average Bonchev–Trinajstić information content (AvgIpc) is 2.75. The third-order valence-electron chi connectivity index (χ3n) is 4.99. The normalized spacial score (nSPS) is 10.8. The minimum atomic E-state index is -0.782. The van der Waals surface area contributed by atoms with Gasteiger partial charge in [-0.05, 0) is 39.8 Å². The molecular weight excluding hydrogens is 420 g/mol. The van der Waals surface area contributed by atoms with Crippen LogP contribution in [0.3, 0.4) is 0 Å². The summed E-state index contributed by atoms with van der Waals surface area (Å²) in [5, 5.41) is 0. The monoisotopic (exact) mass is 452 g/mol. The van der Waals surface area contributed by atoms with Gasteiger partial charge in [0, 0.05) is 27.7 Å². The molecule has 0 bridgehead atoms. The number of rotatable bonds is 10. The van der Waals surface area contributed by atoms with Crippen molar-refractivity contribution < 1.29 is 28.5 Å². The molecule has 0 saturated carbocycles. The summed E-state index contributed by atoms with van der Waals surface area (Å²) in [5.41, 5.74) is 1.09. The molecule has 0 amide bonds. The highest BCUT2D eigenvalue weighted by molar-refractivity contribution is 5.90. The van der Waals surface area contributed by atoms with Crippen LogP contribution < -0.4 is 18.9 Å². The summed E-state index contributed by atoms with van der Waals surface area (Å²) in [6, 6.07) is 10.8. The SMILES string of the molecule is C=C(C)C(=O)Oc1c(OCC)cccc1C(C)(C)c1cccc(OCC)c1OC(=O)C(=C)C. The van der Waals surface area contributed by atoms with Crippen molar-refractivity contribution in [2.75, 3.05) is 13.2 Å². The molecule has 0 radical (unpaired) electrons. The molecular formula is C27H32O6. The summed E-state index contributed by atoms with van der Waals surface area (Å²) < 4.78 is 22.9. The summed E-state index contributed by atoms with van der Waals surface area (Å²) in [6.07, 6.45) is 0. The van der Waals surface area contributed by atoms with Crippen LogP contribution in [0.4, 0.5) is 0 Å². The third-order valence-corrected chi connectivity index (χ3v) is 4.99. The largest absolute Gasteiger partial charge is 0.490 e. The van der Waals surface area contributed by atoms with E-state index in [1.54, 1.807) is 26.0 Å². The van der Waals surface area contributed by atoms with E-state index in [0.717, 1.165) is 0 Å². The van der Waals surface area contributed by atoms with E-state index in [9.17, 15) is 9.59 Å². The van der Waals surface area contributed by atoms with E-state index in [1.807, 2.05) is 52.0 Å². The molecule has 176 valence electrons. The minimum absolute atomic E-state index is 0.263. The van der Waals surface area contributed by atoms with E-state index < -0.39 is 17.4 Å². The Morgan fingerprint density at radius 2 is 1.12 bits per heavy atom. The summed E-state index contributed by atoms with van der Waals surface area (Å²) in [6.45, 7) is 18.9. The second kappa shape index (κ2) is 10.9. The van der Waals surface area contributed by atoms with Crippen molar-refractivity contribution in [3.05, 3.63) is 71.8 Å². The van der Waals surface area contributed by atoms with Gasteiger partial charge in [0.25, 0.3) is 0 Å². The smallest absolute Gasteiger partial charge is 0.338 e. The van der Waals surface area contributed by atoms with Crippen molar-refractivity contribution in [2.45, 2.75) is 47.0 Å². The first-order valence-corrected chi connectivity index (χ1v) is 10.8. The van der Waals surface area contributed by atoms with Gasteiger partial charge < -0.3 is 18.9 Å². The Labute approximate surface area is 195 Å². The van der Waals surface area contributed by atoms with E-state index >= 15 is 0 Å². The first kappa shape index (κ1) is 25.7. The second-order valence-electron chi connectivity index (χ2n) is 8.10. The fourth-order valence-corrected chi connectivity index (χ4v) is 3.27. The van der Waals surface area contributed by atoms with Gasteiger partial charge in [-0.1, -0.05) is 51.3 Å². The lowest BCUT2D eigenvalue weighted by atomic mass is 9.77. The van der Waals surface area contributed by atoms with Gasteiger partial charge in [0.2, 0.25) is 0 Å². The van der Waals surface area contributed by atoms with Gasteiger partial charge in [-0.25, -0.2) is 9.59 Å². The van der Waals surface area contributed by atoms with Crippen LogP contribution in [0.2, 0.25) is 0 Å². The molecule has 0 fully saturated rings. The van der Waals surface area contributed by atoms with Crippen LogP contribution in [0.5, 0.6) is 23.0 Å². The number of para-hydroxylation sites is 2. The number of hydrogen-bond donors (Lipinski definition) is 0. The molecule has 2 aromatic rings. The van der Waals surface area contributed by atoms with Gasteiger partial charge >= 0.3 is 11.9 Å². The zero-order valence-electron chi connectivity index (χ0n) is 20.2. The van der Waals surface area contributed by atoms with Crippen molar-refractivity contribution in [2.24, 2.45) is 0 Å². The highest BCUT2D eigenvalue weighted by Crippen LogP contribution is 2.47. The van der Waals surface area contributed by atoms with Crippen LogP contribution in [0.25, 0.3) is 0 Å². The van der Waals surface area contributed by atoms with Gasteiger partial charge in [0.15, 0.2) is 23.0 Å². The fraction of sp³-hybridized carbons (Fsp3) is 0.333. The Kier molecular flexibility index (Phi) is 8.46. The number of ether oxygens (including phenoxy) is 4. The molecule has 0 aromatic heterocycles. The van der Waals surface area contributed by atoms with Crippen molar-refractivity contribution in [3.8, 4) is 23.0 Å². The predicted octanol–water partition coefficient (Wildman–Crippen LogP) is 5.77. The molecule has 0 atom stereocenters. The fourth-order valence-electron chi connectivity index (χ4n) is 3.27. The van der Waals surface area contributed by atoms with Crippen LogP contribution >= 0.6 is 0 Å². The highest BCUT2D eigenvalue weighted by Gasteiger charge is 2.34. The Hall–Kier alpha value is -3.54. The topological polar surface area (TPSA) is 71.1 Å². The van der Waals surface area contributed by atoms with Crippen molar-refractivity contribution in [1.82, 2.24) is 0 Å². The van der Waals surface area contributed by atoms with Gasteiger partial charge in [-0.15, -0.1) is 0 Å². The van der Waals surface area contributed by atoms with E-state index in [0.29, 0.717) is 35.8 Å². The molecule has 0 N–H and O–H groups in total. The van der Waals surface area contributed by atoms with Crippen LogP contribution in [0.1, 0.15) is 52.7 Å². The van der Waals surface area contributed by atoms with E-state index in [4.69, 9.17) is 18.9 Å². The van der Waals surface area contributed by atoms with Crippen molar-refractivity contribution in [1.29, 1.82) is 0 Å². The molecule has 0 aliphatic heterocycles. The van der Waals surface area contributed by atoms with Crippen molar-refractivity contribution >= 4 is 11.9 Å². The lowest BCUT2D eigenvalue weighted by molar-refractivity contribution is -0.131. The third kappa shape index (κ3) is 5.83. The summed E-state index contributed by atoms with van der Waals surface area (Å²) >= 11 is 0. The van der Waals surface area contributed by atoms with Gasteiger partial charge in [0.05, 0.1) is 13.2 Å². The summed E-state index contributed by atoms with van der Waals surface area (Å²) in [7, 11) is 0.